The number of nitrogens with one attached hydrogen (secondary N) is 2. The first-order chi connectivity index (χ1) is 10.0. The number of hydrogen-bond donors (Lipinski definition) is 4. The molecule has 1 aromatic heterocycles. The fraction of sp³-hybridized carbons (Fsp3) is 0.643. The molecule has 0 saturated carbocycles. The smallest absolute Gasteiger partial charge is 0.191 e. The lowest BCUT2D eigenvalue weighted by Gasteiger charge is -2.23. The van der Waals surface area contributed by atoms with E-state index in [1.807, 2.05) is 13.0 Å². The molecular weight excluding hydrogens is 417 g/mol. The molecule has 0 aliphatic carbocycles. The van der Waals surface area contributed by atoms with Crippen molar-refractivity contribution < 1.29 is 14.6 Å². The zero-order valence-corrected chi connectivity index (χ0v) is 16.0. The van der Waals surface area contributed by atoms with Crippen molar-refractivity contribution in [1.82, 2.24) is 10.6 Å². The molecule has 0 aromatic carbocycles. The second-order valence-corrected chi connectivity index (χ2v) is 6.40. The van der Waals surface area contributed by atoms with Gasteiger partial charge in [0.25, 0.3) is 0 Å². The number of furan rings is 1. The molecule has 2 rings (SSSR count). The Bertz CT molecular complexity index is 489. The van der Waals surface area contributed by atoms with Gasteiger partial charge in [-0.3, -0.25) is 4.99 Å². The maximum atomic E-state index is 10.3. The van der Waals surface area contributed by atoms with Gasteiger partial charge in [0.2, 0.25) is 0 Å². The van der Waals surface area contributed by atoms with Crippen molar-refractivity contribution in [2.24, 2.45) is 4.99 Å². The molecule has 1 fully saturated rings. The molecule has 0 radical (unpaired) electrons. The number of hydrogen-bond acceptors (Lipinski definition) is 5. The number of aliphatic hydroxyl groups is 2. The number of halogens is 1. The molecular formula is C14H24IN3O3S. The quantitative estimate of drug-likeness (QED) is 0.313. The van der Waals surface area contributed by atoms with Crippen LogP contribution in [0.3, 0.4) is 0 Å². The Kier molecular flexibility index (Phi) is 8.01. The van der Waals surface area contributed by atoms with Gasteiger partial charge in [0, 0.05) is 19.3 Å². The molecule has 2 unspecified atom stereocenters. The average molecular weight is 441 g/mol. The molecule has 6 nitrogen and oxygen atoms in total. The van der Waals surface area contributed by atoms with E-state index in [4.69, 9.17) is 4.42 Å². The standard InChI is InChI=1S/C14H23N3O3S.HI/c1-10-3-4-12(20-10)11(18)7-16-13(15-2)17-8-14(19)5-6-21-9-14;/h3-4,11,18-19H,5-9H2,1-2H3,(H2,15,16,17);1H. The second kappa shape index (κ2) is 8.99. The molecule has 1 aromatic rings. The predicted octanol–water partition coefficient (Wildman–Crippen LogP) is 1.27. The number of nitrogens with zero attached hydrogens (tertiary/aromatic N) is 1. The number of guanidine groups is 1. The summed E-state index contributed by atoms with van der Waals surface area (Å²) < 4.78 is 5.38. The highest BCUT2D eigenvalue weighted by atomic mass is 127. The van der Waals surface area contributed by atoms with Gasteiger partial charge < -0.3 is 25.3 Å². The third-order valence-electron chi connectivity index (χ3n) is 3.44. The minimum atomic E-state index is -0.734. The Morgan fingerprint density at radius 3 is 2.82 bits per heavy atom. The molecule has 1 aliphatic rings. The molecule has 1 saturated heterocycles. The summed E-state index contributed by atoms with van der Waals surface area (Å²) in [6.45, 7) is 2.58. The Labute approximate surface area is 152 Å². The normalized spacial score (nSPS) is 23.0. The summed E-state index contributed by atoms with van der Waals surface area (Å²) in [5.74, 6) is 3.59. The zero-order chi connectivity index (χ0) is 15.3. The number of aryl methyl sites for hydroxylation is 1. The number of rotatable bonds is 5. The highest BCUT2D eigenvalue weighted by Crippen LogP contribution is 2.26. The third-order valence-corrected chi connectivity index (χ3v) is 4.68. The third kappa shape index (κ3) is 5.64. The van der Waals surface area contributed by atoms with Crippen LogP contribution in [0.25, 0.3) is 0 Å². The predicted molar refractivity (Wildman–Crippen MR) is 100 cm³/mol. The van der Waals surface area contributed by atoms with Crippen LogP contribution in [-0.2, 0) is 0 Å². The Balaban J connectivity index is 0.00000242. The SMILES string of the molecule is CN=C(NCC(O)c1ccc(C)o1)NCC1(O)CCSC1.I. The lowest BCUT2D eigenvalue weighted by molar-refractivity contribution is 0.0723. The lowest BCUT2D eigenvalue weighted by Crippen LogP contribution is -2.48. The lowest BCUT2D eigenvalue weighted by atomic mass is 10.0. The van der Waals surface area contributed by atoms with E-state index >= 15 is 0 Å². The minimum absolute atomic E-state index is 0. The van der Waals surface area contributed by atoms with E-state index in [2.05, 4.69) is 15.6 Å². The van der Waals surface area contributed by atoms with Gasteiger partial charge in [-0.25, -0.2) is 0 Å². The molecule has 0 amide bonds. The summed E-state index contributed by atoms with van der Waals surface area (Å²) in [4.78, 5) is 4.09. The highest BCUT2D eigenvalue weighted by molar-refractivity contribution is 14.0. The van der Waals surface area contributed by atoms with Gasteiger partial charge in [-0.15, -0.1) is 24.0 Å². The van der Waals surface area contributed by atoms with Crippen LogP contribution in [0.4, 0.5) is 0 Å². The molecule has 0 bridgehead atoms. The average Bonchev–Trinajstić information content (AvgIpc) is 3.08. The number of aliphatic imine (C=N–C) groups is 1. The van der Waals surface area contributed by atoms with Gasteiger partial charge in [0.1, 0.15) is 17.6 Å². The van der Waals surface area contributed by atoms with Crippen LogP contribution in [0.2, 0.25) is 0 Å². The Hall–Kier alpha value is -0.450. The van der Waals surface area contributed by atoms with Crippen molar-refractivity contribution in [3.63, 3.8) is 0 Å². The summed E-state index contributed by atoms with van der Waals surface area (Å²) in [5.41, 5.74) is -0.668. The zero-order valence-electron chi connectivity index (χ0n) is 12.8. The van der Waals surface area contributed by atoms with E-state index in [0.29, 0.717) is 24.8 Å². The first kappa shape index (κ1) is 19.6. The molecule has 126 valence electrons. The maximum absolute atomic E-state index is 10.3. The van der Waals surface area contributed by atoms with Crippen LogP contribution in [0, 0.1) is 6.92 Å². The molecule has 2 heterocycles. The largest absolute Gasteiger partial charge is 0.464 e. The van der Waals surface area contributed by atoms with Crippen LogP contribution >= 0.6 is 35.7 Å². The highest BCUT2D eigenvalue weighted by Gasteiger charge is 2.31. The topological polar surface area (TPSA) is 90.0 Å². The summed E-state index contributed by atoms with van der Waals surface area (Å²) in [7, 11) is 1.66. The molecule has 8 heteroatoms. The van der Waals surface area contributed by atoms with Crippen LogP contribution in [-0.4, -0.2) is 53.4 Å². The van der Waals surface area contributed by atoms with Gasteiger partial charge in [0.05, 0.1) is 12.1 Å². The van der Waals surface area contributed by atoms with Crippen molar-refractivity contribution >= 4 is 41.7 Å². The van der Waals surface area contributed by atoms with Gasteiger partial charge in [0.15, 0.2) is 5.96 Å². The molecule has 22 heavy (non-hydrogen) atoms. The van der Waals surface area contributed by atoms with Crippen LogP contribution < -0.4 is 10.6 Å². The van der Waals surface area contributed by atoms with Gasteiger partial charge in [-0.2, -0.15) is 11.8 Å². The van der Waals surface area contributed by atoms with E-state index in [-0.39, 0.29) is 24.0 Å². The Morgan fingerprint density at radius 2 is 2.27 bits per heavy atom. The van der Waals surface area contributed by atoms with Crippen molar-refractivity contribution in [2.75, 3.05) is 31.6 Å². The van der Waals surface area contributed by atoms with Crippen molar-refractivity contribution in [1.29, 1.82) is 0 Å². The Morgan fingerprint density at radius 1 is 1.50 bits per heavy atom. The van der Waals surface area contributed by atoms with Gasteiger partial charge in [-0.05, 0) is 31.2 Å². The fourth-order valence-electron chi connectivity index (χ4n) is 2.13. The number of aliphatic hydroxyl groups excluding tert-OH is 1. The summed E-state index contributed by atoms with van der Waals surface area (Å²) >= 11 is 1.76. The minimum Gasteiger partial charge on any atom is -0.464 e. The summed E-state index contributed by atoms with van der Waals surface area (Å²) in [6, 6.07) is 3.58. The van der Waals surface area contributed by atoms with Crippen molar-refractivity contribution in [3.8, 4) is 0 Å². The monoisotopic (exact) mass is 441 g/mol. The fourth-order valence-corrected chi connectivity index (χ4v) is 3.43. The first-order valence-electron chi connectivity index (χ1n) is 7.01. The van der Waals surface area contributed by atoms with Crippen LogP contribution in [0.15, 0.2) is 21.5 Å². The van der Waals surface area contributed by atoms with E-state index in [9.17, 15) is 10.2 Å². The van der Waals surface area contributed by atoms with Crippen LogP contribution in [0.5, 0.6) is 0 Å². The van der Waals surface area contributed by atoms with E-state index < -0.39 is 11.7 Å². The van der Waals surface area contributed by atoms with E-state index in [1.54, 1.807) is 24.9 Å². The van der Waals surface area contributed by atoms with Crippen molar-refractivity contribution in [2.45, 2.75) is 25.0 Å². The van der Waals surface area contributed by atoms with Gasteiger partial charge >= 0.3 is 0 Å². The molecule has 4 N–H and O–H groups in total. The molecule has 0 spiro atoms. The molecule has 1 aliphatic heterocycles. The summed E-state index contributed by atoms with van der Waals surface area (Å²) in [6.07, 6.45) is 0.0537. The van der Waals surface area contributed by atoms with E-state index in [0.717, 1.165) is 23.7 Å². The van der Waals surface area contributed by atoms with Gasteiger partial charge in [-0.1, -0.05) is 0 Å². The van der Waals surface area contributed by atoms with Crippen LogP contribution in [0.1, 0.15) is 24.0 Å². The van der Waals surface area contributed by atoms with Crippen molar-refractivity contribution in [3.05, 3.63) is 23.7 Å². The maximum Gasteiger partial charge on any atom is 0.191 e. The summed E-state index contributed by atoms with van der Waals surface area (Å²) in [5, 5.41) is 26.4. The first-order valence-corrected chi connectivity index (χ1v) is 8.17. The molecule has 2 atom stereocenters. The van der Waals surface area contributed by atoms with E-state index in [1.165, 1.54) is 0 Å². The number of thioether (sulfide) groups is 1. The second-order valence-electron chi connectivity index (χ2n) is 5.30.